The number of nitrogens with zero attached hydrogens (tertiary/aromatic N) is 2. The highest BCUT2D eigenvalue weighted by molar-refractivity contribution is 9.10. The second-order valence-electron chi connectivity index (χ2n) is 3.81. The number of fused-ring (bicyclic) bond motifs is 1. The van der Waals surface area contributed by atoms with Gasteiger partial charge in [-0.25, -0.2) is 4.98 Å². The molecule has 0 atom stereocenters. The van der Waals surface area contributed by atoms with Crippen molar-refractivity contribution < 1.29 is 9.53 Å². The van der Waals surface area contributed by atoms with Crippen LogP contribution >= 0.6 is 15.9 Å². The molecule has 2 rings (SSSR count). The van der Waals surface area contributed by atoms with Crippen LogP contribution in [0, 0.1) is 0 Å². The van der Waals surface area contributed by atoms with Crippen molar-refractivity contribution in [3.05, 3.63) is 22.7 Å². The summed E-state index contributed by atoms with van der Waals surface area (Å²) in [6.45, 7) is 2.65. The summed E-state index contributed by atoms with van der Waals surface area (Å²) in [6, 6.07) is 5.73. The highest BCUT2D eigenvalue weighted by Gasteiger charge is 2.10. The van der Waals surface area contributed by atoms with Crippen LogP contribution in [0.3, 0.4) is 0 Å². The number of carbonyl (C=O) groups is 1. The van der Waals surface area contributed by atoms with E-state index < -0.39 is 0 Å². The van der Waals surface area contributed by atoms with Gasteiger partial charge < -0.3 is 15.0 Å². The zero-order chi connectivity index (χ0) is 13.1. The molecule has 1 aromatic heterocycles. The third-order valence-corrected chi connectivity index (χ3v) is 3.08. The summed E-state index contributed by atoms with van der Waals surface area (Å²) < 4.78 is 7.66. The molecule has 0 radical (unpaired) electrons. The van der Waals surface area contributed by atoms with Gasteiger partial charge in [-0.2, -0.15) is 0 Å². The van der Waals surface area contributed by atoms with Gasteiger partial charge in [0.05, 0.1) is 24.1 Å². The molecule has 2 N–H and O–H groups in total. The van der Waals surface area contributed by atoms with Crippen molar-refractivity contribution in [1.82, 2.24) is 9.55 Å². The van der Waals surface area contributed by atoms with Gasteiger partial charge in [0.2, 0.25) is 5.95 Å². The Morgan fingerprint density at radius 2 is 2.33 bits per heavy atom. The maximum atomic E-state index is 11.3. The Labute approximate surface area is 113 Å². The quantitative estimate of drug-likeness (QED) is 0.880. The second-order valence-corrected chi connectivity index (χ2v) is 4.73. The minimum absolute atomic E-state index is 0.228. The lowest BCUT2D eigenvalue weighted by molar-refractivity contribution is -0.143. The highest BCUT2D eigenvalue weighted by Crippen LogP contribution is 2.22. The predicted octanol–water partition coefficient (Wildman–Crippen LogP) is 2.33. The van der Waals surface area contributed by atoms with Crippen molar-refractivity contribution in [1.29, 1.82) is 0 Å². The zero-order valence-electron chi connectivity index (χ0n) is 10.0. The molecule has 0 fully saturated rings. The topological polar surface area (TPSA) is 70.1 Å². The van der Waals surface area contributed by atoms with Gasteiger partial charge in [0.15, 0.2) is 0 Å². The Morgan fingerprint density at radius 1 is 1.56 bits per heavy atom. The lowest BCUT2D eigenvalue weighted by Gasteiger charge is -2.06. The van der Waals surface area contributed by atoms with Gasteiger partial charge in [-0.3, -0.25) is 4.79 Å². The number of ether oxygens (including phenoxy) is 1. The van der Waals surface area contributed by atoms with Crippen molar-refractivity contribution in [2.24, 2.45) is 0 Å². The van der Waals surface area contributed by atoms with Crippen LogP contribution < -0.4 is 5.73 Å². The Hall–Kier alpha value is -1.56. The average Bonchev–Trinajstić information content (AvgIpc) is 2.62. The predicted molar refractivity (Wildman–Crippen MR) is 73.1 cm³/mol. The smallest absolute Gasteiger partial charge is 0.307 e. The minimum Gasteiger partial charge on any atom is -0.466 e. The summed E-state index contributed by atoms with van der Waals surface area (Å²) in [7, 11) is 0. The van der Waals surface area contributed by atoms with E-state index in [1.807, 2.05) is 22.8 Å². The van der Waals surface area contributed by atoms with E-state index in [-0.39, 0.29) is 12.4 Å². The van der Waals surface area contributed by atoms with Gasteiger partial charge in [-0.15, -0.1) is 0 Å². The van der Waals surface area contributed by atoms with E-state index in [4.69, 9.17) is 10.5 Å². The molecule has 5 nitrogen and oxygen atoms in total. The molecule has 2 aromatic rings. The summed E-state index contributed by atoms with van der Waals surface area (Å²) in [5, 5.41) is 0. The minimum atomic E-state index is -0.228. The number of nitrogen functional groups attached to an aromatic ring is 1. The first-order valence-electron chi connectivity index (χ1n) is 5.68. The summed E-state index contributed by atoms with van der Waals surface area (Å²) in [6.07, 6.45) is 0.288. The third-order valence-electron chi connectivity index (χ3n) is 2.58. The number of aryl methyl sites for hydroxylation is 1. The van der Waals surface area contributed by atoms with Crippen molar-refractivity contribution >= 4 is 38.9 Å². The molecular weight excluding hydrogens is 298 g/mol. The fraction of sp³-hybridized carbons (Fsp3) is 0.333. The van der Waals surface area contributed by atoms with Gasteiger partial charge in [0.25, 0.3) is 0 Å². The van der Waals surface area contributed by atoms with Crippen LogP contribution in [0.1, 0.15) is 13.3 Å². The number of halogens is 1. The number of carbonyl (C=O) groups excluding carboxylic acids is 1. The molecule has 1 heterocycles. The van der Waals surface area contributed by atoms with Crippen LogP contribution in [0.25, 0.3) is 11.0 Å². The fourth-order valence-electron chi connectivity index (χ4n) is 1.79. The average molecular weight is 312 g/mol. The van der Waals surface area contributed by atoms with Gasteiger partial charge in [0, 0.05) is 11.0 Å². The van der Waals surface area contributed by atoms with Crippen LogP contribution in [0.2, 0.25) is 0 Å². The second kappa shape index (κ2) is 5.39. The van der Waals surface area contributed by atoms with Crippen LogP contribution in [0.4, 0.5) is 5.95 Å². The van der Waals surface area contributed by atoms with Crippen LogP contribution in [-0.4, -0.2) is 22.1 Å². The number of esters is 1. The first-order valence-corrected chi connectivity index (χ1v) is 6.48. The first kappa shape index (κ1) is 12.9. The molecule has 0 bridgehead atoms. The Balaban J connectivity index is 2.24. The lowest BCUT2D eigenvalue weighted by atomic mass is 10.3. The summed E-state index contributed by atoms with van der Waals surface area (Å²) in [4.78, 5) is 15.6. The zero-order valence-corrected chi connectivity index (χ0v) is 11.6. The van der Waals surface area contributed by atoms with E-state index in [0.29, 0.717) is 19.1 Å². The van der Waals surface area contributed by atoms with E-state index in [9.17, 15) is 4.79 Å². The SMILES string of the molecule is CCOC(=O)CCn1c(N)nc2ccc(Br)cc21. The summed E-state index contributed by atoms with van der Waals surface area (Å²) >= 11 is 3.41. The fourth-order valence-corrected chi connectivity index (χ4v) is 2.13. The number of rotatable bonds is 4. The largest absolute Gasteiger partial charge is 0.466 e. The molecule has 0 aliphatic heterocycles. The summed E-state index contributed by atoms with van der Waals surface area (Å²) in [5.74, 6) is 0.182. The number of hydrogen-bond acceptors (Lipinski definition) is 4. The van der Waals surface area contributed by atoms with E-state index in [1.54, 1.807) is 6.92 Å². The van der Waals surface area contributed by atoms with Gasteiger partial charge in [-0.1, -0.05) is 15.9 Å². The van der Waals surface area contributed by atoms with Crippen LogP contribution in [-0.2, 0) is 16.1 Å². The molecule has 0 saturated heterocycles. The van der Waals surface area contributed by atoms with E-state index in [2.05, 4.69) is 20.9 Å². The van der Waals surface area contributed by atoms with Crippen molar-refractivity contribution in [3.8, 4) is 0 Å². The Kier molecular flexibility index (Phi) is 3.86. The number of aromatic nitrogens is 2. The maximum Gasteiger partial charge on any atom is 0.307 e. The number of benzene rings is 1. The molecule has 0 aliphatic rings. The number of hydrogen-bond donors (Lipinski definition) is 1. The van der Waals surface area contributed by atoms with Crippen LogP contribution in [0.5, 0.6) is 0 Å². The highest BCUT2D eigenvalue weighted by atomic mass is 79.9. The molecule has 0 amide bonds. The molecule has 6 heteroatoms. The van der Waals surface area contributed by atoms with E-state index >= 15 is 0 Å². The molecule has 0 spiro atoms. The number of anilines is 1. The maximum absolute atomic E-state index is 11.3. The van der Waals surface area contributed by atoms with Gasteiger partial charge in [-0.05, 0) is 25.1 Å². The van der Waals surface area contributed by atoms with Gasteiger partial charge in [0.1, 0.15) is 0 Å². The van der Waals surface area contributed by atoms with Crippen molar-refractivity contribution in [2.75, 3.05) is 12.3 Å². The standard InChI is InChI=1S/C12H14BrN3O2/c1-2-18-11(17)5-6-16-10-7-8(13)3-4-9(10)15-12(16)14/h3-4,7H,2,5-6H2,1H3,(H2,14,15). The van der Waals surface area contributed by atoms with Gasteiger partial charge >= 0.3 is 5.97 Å². The Morgan fingerprint density at radius 3 is 3.06 bits per heavy atom. The molecular formula is C12H14BrN3O2. The molecule has 96 valence electrons. The van der Waals surface area contributed by atoms with Crippen molar-refractivity contribution in [2.45, 2.75) is 19.9 Å². The third kappa shape index (κ3) is 2.64. The summed E-state index contributed by atoms with van der Waals surface area (Å²) in [5.41, 5.74) is 7.58. The first-order chi connectivity index (χ1) is 8.61. The molecule has 1 aromatic carbocycles. The molecule has 0 saturated carbocycles. The monoisotopic (exact) mass is 311 g/mol. The van der Waals surface area contributed by atoms with E-state index in [1.165, 1.54) is 0 Å². The Bertz CT molecular complexity index is 580. The van der Waals surface area contributed by atoms with E-state index in [0.717, 1.165) is 15.5 Å². The normalized spacial score (nSPS) is 10.8. The van der Waals surface area contributed by atoms with Crippen LogP contribution in [0.15, 0.2) is 22.7 Å². The number of nitrogens with two attached hydrogens (primary N) is 1. The molecule has 0 unspecified atom stereocenters. The number of imidazole rings is 1. The molecule has 18 heavy (non-hydrogen) atoms. The van der Waals surface area contributed by atoms with Crippen molar-refractivity contribution in [3.63, 3.8) is 0 Å². The lowest BCUT2D eigenvalue weighted by Crippen LogP contribution is -2.10. The molecule has 0 aliphatic carbocycles.